The maximum absolute atomic E-state index is 6.21. The SMILES string of the molecule is Cc1cccc(SCc2nc(Cl)c3c(n2)CSC3)c1. The number of aromatic nitrogens is 2. The van der Waals surface area contributed by atoms with Gasteiger partial charge in [-0.05, 0) is 19.1 Å². The molecule has 1 aliphatic heterocycles. The van der Waals surface area contributed by atoms with Gasteiger partial charge < -0.3 is 0 Å². The van der Waals surface area contributed by atoms with Crippen LogP contribution in [0.25, 0.3) is 0 Å². The summed E-state index contributed by atoms with van der Waals surface area (Å²) in [6, 6.07) is 8.47. The van der Waals surface area contributed by atoms with E-state index in [2.05, 4.69) is 41.2 Å². The van der Waals surface area contributed by atoms with Crippen LogP contribution >= 0.6 is 35.1 Å². The lowest BCUT2D eigenvalue weighted by Gasteiger charge is -2.05. The highest BCUT2D eigenvalue weighted by molar-refractivity contribution is 7.98. The largest absolute Gasteiger partial charge is 0.236 e. The summed E-state index contributed by atoms with van der Waals surface area (Å²) >= 11 is 9.81. The molecular formula is C14H13ClN2S2. The summed E-state index contributed by atoms with van der Waals surface area (Å²) in [5, 5.41) is 0.634. The first kappa shape index (κ1) is 13.3. The summed E-state index contributed by atoms with van der Waals surface area (Å²) in [7, 11) is 0. The van der Waals surface area contributed by atoms with Gasteiger partial charge in [0.1, 0.15) is 11.0 Å². The van der Waals surface area contributed by atoms with Crippen molar-refractivity contribution in [2.24, 2.45) is 0 Å². The molecular weight excluding hydrogens is 296 g/mol. The number of rotatable bonds is 3. The lowest BCUT2D eigenvalue weighted by atomic mass is 10.2. The van der Waals surface area contributed by atoms with E-state index in [9.17, 15) is 0 Å². The average molecular weight is 309 g/mol. The maximum atomic E-state index is 6.21. The van der Waals surface area contributed by atoms with Crippen LogP contribution in [0.5, 0.6) is 0 Å². The molecule has 2 nitrogen and oxygen atoms in total. The van der Waals surface area contributed by atoms with Crippen LogP contribution in [-0.2, 0) is 17.3 Å². The molecule has 1 aliphatic rings. The Morgan fingerprint density at radius 2 is 2.21 bits per heavy atom. The van der Waals surface area contributed by atoms with E-state index in [4.69, 9.17) is 11.6 Å². The molecule has 0 atom stereocenters. The Morgan fingerprint density at radius 1 is 1.32 bits per heavy atom. The first-order chi connectivity index (χ1) is 9.22. The molecule has 0 fully saturated rings. The maximum Gasteiger partial charge on any atom is 0.140 e. The van der Waals surface area contributed by atoms with Crippen molar-refractivity contribution in [2.75, 3.05) is 0 Å². The highest BCUT2D eigenvalue weighted by Gasteiger charge is 2.18. The zero-order valence-electron chi connectivity index (χ0n) is 10.5. The van der Waals surface area contributed by atoms with Gasteiger partial charge in [-0.15, -0.1) is 11.8 Å². The number of halogens is 1. The molecule has 3 rings (SSSR count). The van der Waals surface area contributed by atoms with E-state index in [1.807, 2.05) is 11.8 Å². The predicted octanol–water partition coefficient (Wildman–Crippen LogP) is 4.48. The normalized spacial score (nSPS) is 13.6. The smallest absolute Gasteiger partial charge is 0.140 e. The summed E-state index contributed by atoms with van der Waals surface area (Å²) in [6.07, 6.45) is 0. The quantitative estimate of drug-likeness (QED) is 0.617. The van der Waals surface area contributed by atoms with Crippen LogP contribution in [0, 0.1) is 6.92 Å². The molecule has 0 amide bonds. The predicted molar refractivity (Wildman–Crippen MR) is 82.8 cm³/mol. The Hall–Kier alpha value is -0.710. The van der Waals surface area contributed by atoms with Crippen LogP contribution in [0.4, 0.5) is 0 Å². The fraction of sp³-hybridized carbons (Fsp3) is 0.286. The van der Waals surface area contributed by atoms with Crippen molar-refractivity contribution >= 4 is 35.1 Å². The highest BCUT2D eigenvalue weighted by atomic mass is 35.5. The molecule has 19 heavy (non-hydrogen) atoms. The molecule has 0 aliphatic carbocycles. The van der Waals surface area contributed by atoms with E-state index in [-0.39, 0.29) is 0 Å². The van der Waals surface area contributed by atoms with E-state index >= 15 is 0 Å². The van der Waals surface area contributed by atoms with Crippen molar-refractivity contribution in [1.82, 2.24) is 9.97 Å². The van der Waals surface area contributed by atoms with Crippen LogP contribution in [0.1, 0.15) is 22.6 Å². The molecule has 5 heteroatoms. The van der Waals surface area contributed by atoms with Crippen LogP contribution in [0.2, 0.25) is 5.15 Å². The lowest BCUT2D eigenvalue weighted by Crippen LogP contribution is -1.99. The number of fused-ring (bicyclic) bond motifs is 1. The topological polar surface area (TPSA) is 25.8 Å². The van der Waals surface area contributed by atoms with Crippen LogP contribution < -0.4 is 0 Å². The van der Waals surface area contributed by atoms with Crippen LogP contribution in [0.3, 0.4) is 0 Å². The molecule has 0 bridgehead atoms. The van der Waals surface area contributed by atoms with Crippen molar-refractivity contribution in [3.8, 4) is 0 Å². The van der Waals surface area contributed by atoms with Gasteiger partial charge in [-0.2, -0.15) is 11.8 Å². The van der Waals surface area contributed by atoms with Gasteiger partial charge in [0.2, 0.25) is 0 Å². The molecule has 98 valence electrons. The van der Waals surface area contributed by atoms with Crippen molar-refractivity contribution in [3.05, 3.63) is 52.1 Å². The Balaban J connectivity index is 1.76. The van der Waals surface area contributed by atoms with Crippen LogP contribution in [0.15, 0.2) is 29.2 Å². The third-order valence-corrected chi connectivity index (χ3v) is 5.20. The molecule has 0 N–H and O–H groups in total. The molecule has 2 heterocycles. The summed E-state index contributed by atoms with van der Waals surface area (Å²) in [6.45, 7) is 2.10. The molecule has 0 radical (unpaired) electrons. The Bertz CT molecular complexity index is 616. The van der Waals surface area contributed by atoms with Gasteiger partial charge in [-0.3, -0.25) is 0 Å². The number of hydrogen-bond acceptors (Lipinski definition) is 4. The highest BCUT2D eigenvalue weighted by Crippen LogP contribution is 2.33. The van der Waals surface area contributed by atoms with E-state index in [1.54, 1.807) is 11.8 Å². The Morgan fingerprint density at radius 3 is 3.05 bits per heavy atom. The average Bonchev–Trinajstić information content (AvgIpc) is 2.85. The number of thioether (sulfide) groups is 2. The molecule has 1 aromatic carbocycles. The third kappa shape index (κ3) is 3.07. The third-order valence-electron chi connectivity index (χ3n) is 2.93. The minimum absolute atomic E-state index is 0.634. The molecule has 0 spiro atoms. The zero-order chi connectivity index (χ0) is 13.2. The Kier molecular flexibility index (Phi) is 4.01. The minimum Gasteiger partial charge on any atom is -0.236 e. The van der Waals surface area contributed by atoms with Gasteiger partial charge in [0.05, 0.1) is 11.4 Å². The summed E-state index contributed by atoms with van der Waals surface area (Å²) in [5.74, 6) is 3.50. The molecule has 0 saturated carbocycles. The van der Waals surface area contributed by atoms with Crippen molar-refractivity contribution in [1.29, 1.82) is 0 Å². The second kappa shape index (κ2) is 5.73. The van der Waals surface area contributed by atoms with E-state index < -0.39 is 0 Å². The molecule has 0 unspecified atom stereocenters. The van der Waals surface area contributed by atoms with Crippen molar-refractivity contribution < 1.29 is 0 Å². The van der Waals surface area contributed by atoms with Gasteiger partial charge >= 0.3 is 0 Å². The van der Waals surface area contributed by atoms with Gasteiger partial charge in [-0.25, -0.2) is 9.97 Å². The number of benzene rings is 1. The summed E-state index contributed by atoms with van der Waals surface area (Å²) < 4.78 is 0. The summed E-state index contributed by atoms with van der Waals surface area (Å²) in [5.41, 5.74) is 3.51. The fourth-order valence-electron chi connectivity index (χ4n) is 1.98. The second-order valence-electron chi connectivity index (χ2n) is 4.45. The second-order valence-corrected chi connectivity index (χ2v) is 6.85. The Labute approximate surface area is 126 Å². The number of hydrogen-bond donors (Lipinski definition) is 0. The molecule has 0 saturated heterocycles. The van der Waals surface area contributed by atoms with Crippen molar-refractivity contribution in [3.63, 3.8) is 0 Å². The minimum atomic E-state index is 0.634. The zero-order valence-corrected chi connectivity index (χ0v) is 12.9. The standard InChI is InChI=1S/C14H13ClN2S2/c1-9-3-2-4-10(5-9)19-8-13-16-12-7-18-6-11(12)14(15)17-13/h2-5H,6-8H2,1H3. The first-order valence-electron chi connectivity index (χ1n) is 6.04. The van der Waals surface area contributed by atoms with Gasteiger partial charge in [0.25, 0.3) is 0 Å². The molecule has 1 aromatic heterocycles. The number of nitrogens with zero attached hydrogens (tertiary/aromatic N) is 2. The lowest BCUT2D eigenvalue weighted by molar-refractivity contribution is 0.974. The number of aryl methyl sites for hydroxylation is 1. The van der Waals surface area contributed by atoms with E-state index in [1.165, 1.54) is 10.5 Å². The monoisotopic (exact) mass is 308 g/mol. The summed E-state index contributed by atoms with van der Waals surface area (Å²) in [4.78, 5) is 10.3. The van der Waals surface area contributed by atoms with Gasteiger partial charge in [0, 0.05) is 22.0 Å². The fourth-order valence-corrected chi connectivity index (χ4v) is 4.24. The molecule has 2 aromatic rings. The van der Waals surface area contributed by atoms with Gasteiger partial charge in [0.15, 0.2) is 0 Å². The van der Waals surface area contributed by atoms with E-state index in [0.29, 0.717) is 5.15 Å². The first-order valence-corrected chi connectivity index (χ1v) is 8.55. The van der Waals surface area contributed by atoms with Crippen LogP contribution in [-0.4, -0.2) is 9.97 Å². The van der Waals surface area contributed by atoms with Crippen molar-refractivity contribution in [2.45, 2.75) is 29.1 Å². The van der Waals surface area contributed by atoms with Gasteiger partial charge in [-0.1, -0.05) is 29.3 Å². The van der Waals surface area contributed by atoms with E-state index in [0.717, 1.165) is 34.3 Å².